The predicted molar refractivity (Wildman–Crippen MR) is 69.8 cm³/mol. The maximum atomic E-state index is 3.60. The summed E-state index contributed by atoms with van der Waals surface area (Å²) in [4.78, 5) is 2.76. The predicted octanol–water partition coefficient (Wildman–Crippen LogP) is 2.78. The number of nitrogens with zero attached hydrogens (tertiary/aromatic N) is 1. The van der Waals surface area contributed by atoms with E-state index in [0.29, 0.717) is 0 Å². The Morgan fingerprint density at radius 1 is 1.00 bits per heavy atom. The Bertz CT molecular complexity index is 185. The molecule has 94 valence electrons. The Balaban J connectivity index is 1.77. The number of hydrogen-bond acceptors (Lipinski definition) is 2. The van der Waals surface area contributed by atoms with Crippen LogP contribution >= 0.6 is 0 Å². The van der Waals surface area contributed by atoms with E-state index >= 15 is 0 Å². The van der Waals surface area contributed by atoms with Crippen LogP contribution in [0.5, 0.6) is 0 Å². The minimum absolute atomic E-state index is 0.774. The molecule has 16 heavy (non-hydrogen) atoms. The average molecular weight is 224 g/mol. The normalized spacial score (nSPS) is 30.2. The van der Waals surface area contributed by atoms with Crippen molar-refractivity contribution in [2.75, 3.05) is 19.6 Å². The van der Waals surface area contributed by atoms with Crippen molar-refractivity contribution in [1.29, 1.82) is 0 Å². The molecule has 1 aliphatic carbocycles. The van der Waals surface area contributed by atoms with Crippen molar-refractivity contribution in [3.63, 3.8) is 0 Å². The van der Waals surface area contributed by atoms with Gasteiger partial charge in [-0.1, -0.05) is 39.0 Å². The van der Waals surface area contributed by atoms with Gasteiger partial charge >= 0.3 is 0 Å². The van der Waals surface area contributed by atoms with Crippen LogP contribution in [0.15, 0.2) is 0 Å². The van der Waals surface area contributed by atoms with Crippen LogP contribution < -0.4 is 5.32 Å². The first-order valence-corrected chi connectivity index (χ1v) is 7.37. The minimum Gasteiger partial charge on any atom is -0.313 e. The molecule has 0 aromatic rings. The summed E-state index contributed by atoms with van der Waals surface area (Å²) in [7, 11) is 0. The van der Waals surface area contributed by atoms with Gasteiger partial charge in [-0.25, -0.2) is 0 Å². The Morgan fingerprint density at radius 3 is 2.38 bits per heavy atom. The summed E-state index contributed by atoms with van der Waals surface area (Å²) in [6.45, 7) is 5.99. The molecule has 1 saturated carbocycles. The van der Waals surface area contributed by atoms with Crippen molar-refractivity contribution in [2.24, 2.45) is 0 Å². The zero-order valence-electron chi connectivity index (χ0n) is 10.9. The lowest BCUT2D eigenvalue weighted by molar-refractivity contribution is 0.198. The van der Waals surface area contributed by atoms with Gasteiger partial charge in [-0.15, -0.1) is 0 Å². The van der Waals surface area contributed by atoms with Crippen molar-refractivity contribution in [1.82, 2.24) is 10.2 Å². The molecule has 0 bridgehead atoms. The van der Waals surface area contributed by atoms with Crippen LogP contribution in [0.4, 0.5) is 0 Å². The lowest BCUT2D eigenvalue weighted by Gasteiger charge is -2.29. The summed E-state index contributed by atoms with van der Waals surface area (Å²) in [5.74, 6) is 0. The van der Waals surface area contributed by atoms with Gasteiger partial charge in [-0.2, -0.15) is 0 Å². The summed E-state index contributed by atoms with van der Waals surface area (Å²) in [6.07, 6.45) is 11.6. The monoisotopic (exact) mass is 224 g/mol. The van der Waals surface area contributed by atoms with Gasteiger partial charge in [0.25, 0.3) is 0 Å². The second kappa shape index (κ2) is 6.61. The van der Waals surface area contributed by atoms with E-state index in [1.807, 2.05) is 0 Å². The van der Waals surface area contributed by atoms with Crippen LogP contribution in [0.3, 0.4) is 0 Å². The lowest BCUT2D eigenvalue weighted by Crippen LogP contribution is -2.37. The molecular weight excluding hydrogens is 196 g/mol. The molecule has 2 nitrogen and oxygen atoms in total. The van der Waals surface area contributed by atoms with Gasteiger partial charge < -0.3 is 5.32 Å². The number of rotatable bonds is 3. The number of hydrogen-bond donors (Lipinski definition) is 1. The van der Waals surface area contributed by atoms with Gasteiger partial charge in [-0.3, -0.25) is 4.90 Å². The smallest absolute Gasteiger partial charge is 0.0207 e. The number of likely N-dealkylation sites (N-methyl/N-ethyl adjacent to an activating group) is 1. The Kier molecular flexibility index (Phi) is 5.11. The zero-order chi connectivity index (χ0) is 11.2. The second-order valence-corrected chi connectivity index (χ2v) is 5.54. The van der Waals surface area contributed by atoms with Crippen LogP contribution in [-0.4, -0.2) is 36.6 Å². The summed E-state index contributed by atoms with van der Waals surface area (Å²) in [5, 5.41) is 3.60. The summed E-state index contributed by atoms with van der Waals surface area (Å²) >= 11 is 0. The first kappa shape index (κ1) is 12.4. The van der Waals surface area contributed by atoms with E-state index in [1.165, 1.54) is 64.5 Å². The average Bonchev–Trinajstić information content (AvgIpc) is 2.66. The largest absolute Gasteiger partial charge is 0.313 e. The Hall–Kier alpha value is -0.0800. The van der Waals surface area contributed by atoms with Crippen molar-refractivity contribution >= 4 is 0 Å². The Morgan fingerprint density at radius 2 is 1.69 bits per heavy atom. The first-order valence-electron chi connectivity index (χ1n) is 7.37. The summed E-state index contributed by atoms with van der Waals surface area (Å²) < 4.78 is 0. The molecule has 0 radical (unpaired) electrons. The molecule has 2 fully saturated rings. The standard InChI is InChI=1S/C14H28N2/c1-2-15-13-10-11-16(12-13)14-8-6-4-3-5-7-9-14/h13-15H,2-12H2,1H3. The molecule has 0 amide bonds. The third-order valence-electron chi connectivity index (χ3n) is 4.30. The first-order chi connectivity index (χ1) is 7.90. The topological polar surface area (TPSA) is 15.3 Å². The number of likely N-dealkylation sites (tertiary alicyclic amines) is 1. The van der Waals surface area contributed by atoms with Crippen molar-refractivity contribution < 1.29 is 0 Å². The maximum Gasteiger partial charge on any atom is 0.0207 e. The van der Waals surface area contributed by atoms with Crippen molar-refractivity contribution in [2.45, 2.75) is 70.4 Å². The molecule has 1 heterocycles. The fourth-order valence-electron chi connectivity index (χ4n) is 3.37. The molecule has 0 aromatic carbocycles. The van der Waals surface area contributed by atoms with Crippen LogP contribution in [-0.2, 0) is 0 Å². The third-order valence-corrected chi connectivity index (χ3v) is 4.30. The van der Waals surface area contributed by atoms with E-state index in [4.69, 9.17) is 0 Å². The van der Waals surface area contributed by atoms with E-state index in [2.05, 4.69) is 17.1 Å². The maximum absolute atomic E-state index is 3.60. The molecule has 2 rings (SSSR count). The van der Waals surface area contributed by atoms with Gasteiger partial charge in [0.1, 0.15) is 0 Å². The van der Waals surface area contributed by atoms with Gasteiger partial charge in [0, 0.05) is 25.2 Å². The van der Waals surface area contributed by atoms with Crippen LogP contribution in [0.1, 0.15) is 58.3 Å². The van der Waals surface area contributed by atoms with E-state index in [9.17, 15) is 0 Å². The van der Waals surface area contributed by atoms with Crippen LogP contribution in [0.25, 0.3) is 0 Å². The second-order valence-electron chi connectivity index (χ2n) is 5.54. The molecule has 1 unspecified atom stereocenters. The molecule has 2 aliphatic rings. The molecule has 1 N–H and O–H groups in total. The third kappa shape index (κ3) is 3.46. The zero-order valence-corrected chi connectivity index (χ0v) is 10.9. The highest BCUT2D eigenvalue weighted by Crippen LogP contribution is 2.24. The fourth-order valence-corrected chi connectivity index (χ4v) is 3.37. The SMILES string of the molecule is CCNC1CCN(C2CCCCCCC2)C1. The number of nitrogens with one attached hydrogen (secondary N) is 1. The van der Waals surface area contributed by atoms with E-state index < -0.39 is 0 Å². The Labute approximate surface area is 101 Å². The van der Waals surface area contributed by atoms with E-state index in [1.54, 1.807) is 0 Å². The van der Waals surface area contributed by atoms with Crippen molar-refractivity contribution in [3.8, 4) is 0 Å². The molecule has 2 heteroatoms. The highest BCUT2D eigenvalue weighted by atomic mass is 15.2. The van der Waals surface area contributed by atoms with Gasteiger partial charge in [0.05, 0.1) is 0 Å². The van der Waals surface area contributed by atoms with Crippen LogP contribution in [0.2, 0.25) is 0 Å². The molecule has 0 spiro atoms. The quantitative estimate of drug-likeness (QED) is 0.793. The summed E-state index contributed by atoms with van der Waals surface area (Å²) in [6, 6.07) is 1.68. The van der Waals surface area contributed by atoms with Gasteiger partial charge in [0.15, 0.2) is 0 Å². The van der Waals surface area contributed by atoms with Crippen LogP contribution in [0, 0.1) is 0 Å². The van der Waals surface area contributed by atoms with E-state index in [0.717, 1.165) is 18.6 Å². The van der Waals surface area contributed by atoms with Gasteiger partial charge in [0.2, 0.25) is 0 Å². The summed E-state index contributed by atoms with van der Waals surface area (Å²) in [5.41, 5.74) is 0. The molecule has 1 atom stereocenters. The lowest BCUT2D eigenvalue weighted by atomic mass is 9.96. The molecule has 1 saturated heterocycles. The van der Waals surface area contributed by atoms with E-state index in [-0.39, 0.29) is 0 Å². The van der Waals surface area contributed by atoms with Crippen molar-refractivity contribution in [3.05, 3.63) is 0 Å². The molecule has 0 aromatic heterocycles. The molecule has 1 aliphatic heterocycles. The minimum atomic E-state index is 0.774. The highest BCUT2D eigenvalue weighted by Gasteiger charge is 2.27. The van der Waals surface area contributed by atoms with Gasteiger partial charge in [-0.05, 0) is 25.8 Å². The highest BCUT2D eigenvalue weighted by molar-refractivity contribution is 4.85. The molecular formula is C14H28N2. The fraction of sp³-hybridized carbons (Fsp3) is 1.00.